The summed E-state index contributed by atoms with van der Waals surface area (Å²) < 4.78 is 16.3. The zero-order valence-corrected chi connectivity index (χ0v) is 15.7. The third-order valence-corrected chi connectivity index (χ3v) is 5.11. The second-order valence-electron chi connectivity index (χ2n) is 6.02. The van der Waals surface area contributed by atoms with Crippen molar-refractivity contribution in [1.29, 1.82) is 0 Å². The zero-order valence-electron chi connectivity index (χ0n) is 14.9. The van der Waals surface area contributed by atoms with Gasteiger partial charge in [0, 0.05) is 17.4 Å². The first kappa shape index (κ1) is 17.4. The number of para-hydroxylation sites is 1. The molecule has 0 radical (unpaired) electrons. The highest BCUT2D eigenvalue weighted by Gasteiger charge is 2.29. The Morgan fingerprint density at radius 2 is 2.00 bits per heavy atom. The van der Waals surface area contributed by atoms with Crippen LogP contribution in [0.25, 0.3) is 11.3 Å². The van der Waals surface area contributed by atoms with E-state index in [4.69, 9.17) is 14.2 Å². The van der Waals surface area contributed by atoms with E-state index >= 15 is 0 Å². The molecule has 0 spiro atoms. The van der Waals surface area contributed by atoms with Gasteiger partial charge in [-0.05, 0) is 29.8 Å². The molecule has 2 aromatic carbocycles. The topological polar surface area (TPSA) is 69.7 Å². The van der Waals surface area contributed by atoms with Gasteiger partial charge >= 0.3 is 0 Å². The minimum atomic E-state index is -0.532. The number of carbonyl (C=O) groups is 1. The van der Waals surface area contributed by atoms with E-state index in [1.165, 1.54) is 11.3 Å². The highest BCUT2D eigenvalue weighted by atomic mass is 32.1. The Balaban J connectivity index is 1.46. The molecule has 1 aliphatic rings. The van der Waals surface area contributed by atoms with Gasteiger partial charge in [0.05, 0.1) is 19.9 Å². The predicted molar refractivity (Wildman–Crippen MR) is 104 cm³/mol. The lowest BCUT2D eigenvalue weighted by Crippen LogP contribution is -2.31. The lowest BCUT2D eigenvalue weighted by Gasteiger charge is -2.09. The van der Waals surface area contributed by atoms with Gasteiger partial charge in [0.1, 0.15) is 5.75 Å². The molecule has 1 N–H and O–H groups in total. The molecule has 0 aliphatic carbocycles. The van der Waals surface area contributed by atoms with Crippen LogP contribution < -0.4 is 19.5 Å². The first-order valence-electron chi connectivity index (χ1n) is 8.41. The first-order valence-corrected chi connectivity index (χ1v) is 9.29. The molecule has 2 heterocycles. The Kier molecular flexibility index (Phi) is 4.68. The summed E-state index contributed by atoms with van der Waals surface area (Å²) in [5.74, 6) is 1.86. The predicted octanol–water partition coefficient (Wildman–Crippen LogP) is 3.77. The molecule has 27 heavy (non-hydrogen) atoms. The SMILES string of the molecule is COc1ccc(-c2csc(NC(=O)C3Cc4ccccc4O3)n2)cc1OC. The van der Waals surface area contributed by atoms with Gasteiger partial charge in [0.25, 0.3) is 5.91 Å². The van der Waals surface area contributed by atoms with Gasteiger partial charge in [0.2, 0.25) is 0 Å². The van der Waals surface area contributed by atoms with Crippen LogP contribution in [-0.4, -0.2) is 31.2 Å². The highest BCUT2D eigenvalue weighted by Crippen LogP contribution is 2.34. The van der Waals surface area contributed by atoms with Crippen molar-refractivity contribution in [2.45, 2.75) is 12.5 Å². The van der Waals surface area contributed by atoms with Crippen LogP contribution in [0.3, 0.4) is 0 Å². The number of aromatic nitrogens is 1. The standard InChI is InChI=1S/C20H18N2O4S/c1-24-16-8-7-12(9-17(16)25-2)14-11-27-20(21-14)22-19(23)18-10-13-5-3-4-6-15(13)26-18/h3-9,11,18H,10H2,1-2H3,(H,21,22,23). The molecule has 6 nitrogen and oxygen atoms in total. The summed E-state index contributed by atoms with van der Waals surface area (Å²) in [6, 6.07) is 13.3. The number of nitrogens with one attached hydrogen (secondary N) is 1. The summed E-state index contributed by atoms with van der Waals surface area (Å²) in [4.78, 5) is 17.0. The van der Waals surface area contributed by atoms with Crippen LogP contribution in [0.5, 0.6) is 17.2 Å². The largest absolute Gasteiger partial charge is 0.493 e. The summed E-state index contributed by atoms with van der Waals surface area (Å²) in [6.45, 7) is 0. The summed E-state index contributed by atoms with van der Waals surface area (Å²) in [7, 11) is 3.19. The molecule has 0 saturated heterocycles. The fourth-order valence-corrected chi connectivity index (χ4v) is 3.70. The molecule has 1 unspecified atom stereocenters. The van der Waals surface area contributed by atoms with Crippen LogP contribution in [0.15, 0.2) is 47.8 Å². The molecule has 0 bridgehead atoms. The summed E-state index contributed by atoms with van der Waals surface area (Å²) >= 11 is 1.37. The number of thiazole rings is 1. The maximum absolute atomic E-state index is 12.5. The van der Waals surface area contributed by atoms with Crippen LogP contribution in [0.2, 0.25) is 0 Å². The number of benzene rings is 2. The minimum Gasteiger partial charge on any atom is -0.493 e. The van der Waals surface area contributed by atoms with Gasteiger partial charge < -0.3 is 14.2 Å². The van der Waals surface area contributed by atoms with Crippen LogP contribution in [0.1, 0.15) is 5.56 Å². The quantitative estimate of drug-likeness (QED) is 0.727. The molecular formula is C20H18N2O4S. The van der Waals surface area contributed by atoms with Crippen LogP contribution in [-0.2, 0) is 11.2 Å². The van der Waals surface area contributed by atoms with Gasteiger partial charge in [-0.1, -0.05) is 18.2 Å². The fourth-order valence-electron chi connectivity index (χ4n) is 2.97. The Bertz CT molecular complexity index is 961. The lowest BCUT2D eigenvalue weighted by molar-refractivity contribution is -0.122. The van der Waals surface area contributed by atoms with E-state index < -0.39 is 6.10 Å². The molecular weight excluding hydrogens is 364 g/mol. The lowest BCUT2D eigenvalue weighted by atomic mass is 10.1. The summed E-state index contributed by atoms with van der Waals surface area (Å²) in [6.07, 6.45) is 0.0338. The molecule has 3 aromatic rings. The number of anilines is 1. The van der Waals surface area contributed by atoms with E-state index in [2.05, 4.69) is 10.3 Å². The Morgan fingerprint density at radius 3 is 2.78 bits per heavy atom. The number of nitrogens with zero attached hydrogens (tertiary/aromatic N) is 1. The van der Waals surface area contributed by atoms with E-state index in [1.807, 2.05) is 47.8 Å². The van der Waals surface area contributed by atoms with E-state index in [0.29, 0.717) is 23.1 Å². The second-order valence-corrected chi connectivity index (χ2v) is 6.87. The van der Waals surface area contributed by atoms with Crippen molar-refractivity contribution < 1.29 is 19.0 Å². The van der Waals surface area contributed by atoms with Crippen LogP contribution in [0.4, 0.5) is 5.13 Å². The van der Waals surface area contributed by atoms with Gasteiger partial charge in [-0.3, -0.25) is 10.1 Å². The number of methoxy groups -OCH3 is 2. The van der Waals surface area contributed by atoms with Crippen molar-refractivity contribution in [3.63, 3.8) is 0 Å². The maximum Gasteiger partial charge on any atom is 0.267 e. The average molecular weight is 382 g/mol. The number of carbonyl (C=O) groups excluding carboxylic acids is 1. The number of hydrogen-bond donors (Lipinski definition) is 1. The van der Waals surface area contributed by atoms with E-state index in [0.717, 1.165) is 22.6 Å². The number of ether oxygens (including phenoxy) is 3. The van der Waals surface area contributed by atoms with Crippen molar-refractivity contribution in [2.75, 3.05) is 19.5 Å². The molecule has 7 heteroatoms. The van der Waals surface area contributed by atoms with E-state index in [9.17, 15) is 4.79 Å². The van der Waals surface area contributed by atoms with E-state index in [-0.39, 0.29) is 5.91 Å². The maximum atomic E-state index is 12.5. The van der Waals surface area contributed by atoms with Gasteiger partial charge in [-0.25, -0.2) is 4.98 Å². The monoisotopic (exact) mass is 382 g/mol. The van der Waals surface area contributed by atoms with Crippen molar-refractivity contribution >= 4 is 22.4 Å². The van der Waals surface area contributed by atoms with E-state index in [1.54, 1.807) is 14.2 Å². The highest BCUT2D eigenvalue weighted by molar-refractivity contribution is 7.14. The summed E-state index contributed by atoms with van der Waals surface area (Å²) in [5, 5.41) is 5.27. The van der Waals surface area contributed by atoms with Crippen molar-refractivity contribution in [2.24, 2.45) is 0 Å². The Labute approximate surface area is 160 Å². The molecule has 0 saturated carbocycles. The number of rotatable bonds is 5. The van der Waals surface area contributed by atoms with Gasteiger partial charge in [-0.2, -0.15) is 0 Å². The fraction of sp³-hybridized carbons (Fsp3) is 0.200. The third-order valence-electron chi connectivity index (χ3n) is 4.35. The number of amides is 1. The van der Waals surface area contributed by atoms with Gasteiger partial charge in [0.15, 0.2) is 22.7 Å². The normalized spacial score (nSPS) is 15.0. The Hall–Kier alpha value is -3.06. The molecule has 0 fully saturated rings. The zero-order chi connectivity index (χ0) is 18.8. The first-order chi connectivity index (χ1) is 13.2. The molecule has 1 aliphatic heterocycles. The average Bonchev–Trinajstić information content (AvgIpc) is 3.34. The molecule has 138 valence electrons. The van der Waals surface area contributed by atoms with Crippen LogP contribution in [0, 0.1) is 0 Å². The van der Waals surface area contributed by atoms with Crippen LogP contribution >= 0.6 is 11.3 Å². The smallest absolute Gasteiger partial charge is 0.267 e. The number of hydrogen-bond acceptors (Lipinski definition) is 6. The molecule has 4 rings (SSSR count). The third kappa shape index (κ3) is 3.46. The Morgan fingerprint density at radius 1 is 1.19 bits per heavy atom. The number of fused-ring (bicyclic) bond motifs is 1. The molecule has 1 amide bonds. The van der Waals surface area contributed by atoms with Crippen molar-refractivity contribution in [3.05, 3.63) is 53.4 Å². The molecule has 1 aromatic heterocycles. The summed E-state index contributed by atoms with van der Waals surface area (Å²) in [5.41, 5.74) is 2.68. The van der Waals surface area contributed by atoms with Gasteiger partial charge in [-0.15, -0.1) is 11.3 Å². The second kappa shape index (κ2) is 7.28. The van der Waals surface area contributed by atoms with Crippen molar-refractivity contribution in [1.82, 2.24) is 4.98 Å². The minimum absolute atomic E-state index is 0.195. The van der Waals surface area contributed by atoms with Crippen molar-refractivity contribution in [3.8, 4) is 28.5 Å². The molecule has 1 atom stereocenters.